The van der Waals surface area contributed by atoms with Crippen LogP contribution in [0.2, 0.25) is 0 Å². The first kappa shape index (κ1) is 7.60. The highest BCUT2D eigenvalue weighted by molar-refractivity contribution is 4.91. The molecule has 1 saturated carbocycles. The van der Waals surface area contributed by atoms with Crippen molar-refractivity contribution in [1.82, 2.24) is 0 Å². The molecule has 0 aromatic rings. The van der Waals surface area contributed by atoms with E-state index in [1.54, 1.807) is 0 Å². The fourth-order valence-electron chi connectivity index (χ4n) is 2.25. The average Bonchev–Trinajstić information content (AvgIpc) is 2.58. The minimum absolute atomic E-state index is 0.843. The van der Waals surface area contributed by atoms with Gasteiger partial charge in [0.05, 0.1) is 0 Å². The summed E-state index contributed by atoms with van der Waals surface area (Å²) >= 11 is 0. The van der Waals surface area contributed by atoms with Crippen LogP contribution >= 0.6 is 0 Å². The number of ether oxygens (including phenoxy) is 1. The molecule has 0 bridgehead atoms. The minimum Gasteiger partial charge on any atom is -0.372 e. The van der Waals surface area contributed by atoms with E-state index in [1.165, 1.54) is 51.0 Å². The maximum absolute atomic E-state index is 5.68. The quantitative estimate of drug-likeness (QED) is 0.563. The van der Waals surface area contributed by atoms with E-state index in [1.807, 2.05) is 0 Å². The van der Waals surface area contributed by atoms with E-state index in [-0.39, 0.29) is 0 Å². The number of rotatable bonds is 1. The van der Waals surface area contributed by atoms with E-state index in [0.717, 1.165) is 12.5 Å². The summed E-state index contributed by atoms with van der Waals surface area (Å²) in [6.07, 6.45) is 11.0. The first-order chi connectivity index (χ1) is 5.47. The van der Waals surface area contributed by atoms with Crippen molar-refractivity contribution >= 4 is 0 Å². The fraction of sp³-hybridized carbons (Fsp3) is 0.900. The van der Waals surface area contributed by atoms with Gasteiger partial charge in [-0.1, -0.05) is 12.8 Å². The second-order valence-electron chi connectivity index (χ2n) is 3.75. The molecule has 0 amide bonds. The summed E-state index contributed by atoms with van der Waals surface area (Å²) < 4.78 is 5.68. The van der Waals surface area contributed by atoms with Gasteiger partial charge in [-0.15, -0.1) is 0 Å². The zero-order valence-electron chi connectivity index (χ0n) is 7.14. The third kappa shape index (κ3) is 1.76. The Balaban J connectivity index is 1.82. The maximum atomic E-state index is 5.68. The van der Waals surface area contributed by atoms with Gasteiger partial charge in [0.15, 0.2) is 0 Å². The molecular formula is C10H17O. The Bertz CT molecular complexity index is 110. The molecule has 11 heavy (non-hydrogen) atoms. The third-order valence-corrected chi connectivity index (χ3v) is 2.92. The van der Waals surface area contributed by atoms with E-state index in [9.17, 15) is 0 Å². The molecule has 1 nitrogen and oxygen atoms in total. The molecule has 2 rings (SSSR count). The van der Waals surface area contributed by atoms with Crippen LogP contribution in [-0.2, 0) is 4.74 Å². The van der Waals surface area contributed by atoms with Crippen molar-refractivity contribution in [2.75, 3.05) is 6.61 Å². The van der Waals surface area contributed by atoms with E-state index in [4.69, 9.17) is 4.74 Å². The normalized spacial score (nSPS) is 29.5. The maximum Gasteiger partial charge on any atom is 0.100 e. The van der Waals surface area contributed by atoms with Gasteiger partial charge in [0.2, 0.25) is 0 Å². The van der Waals surface area contributed by atoms with Crippen molar-refractivity contribution in [2.45, 2.75) is 44.9 Å². The Kier molecular flexibility index (Phi) is 2.47. The summed E-state index contributed by atoms with van der Waals surface area (Å²) in [6, 6.07) is 0. The molecule has 0 unspecified atom stereocenters. The summed E-state index contributed by atoms with van der Waals surface area (Å²) in [5.41, 5.74) is 0. The van der Waals surface area contributed by atoms with Gasteiger partial charge in [-0.05, 0) is 38.0 Å². The van der Waals surface area contributed by atoms with Crippen LogP contribution in [0.15, 0.2) is 0 Å². The van der Waals surface area contributed by atoms with Gasteiger partial charge < -0.3 is 4.74 Å². The van der Waals surface area contributed by atoms with Crippen LogP contribution in [0.5, 0.6) is 0 Å². The third-order valence-electron chi connectivity index (χ3n) is 2.92. The fourth-order valence-corrected chi connectivity index (χ4v) is 2.25. The molecule has 2 fully saturated rings. The molecule has 1 aliphatic carbocycles. The largest absolute Gasteiger partial charge is 0.372 e. The van der Waals surface area contributed by atoms with Crippen molar-refractivity contribution in [3.63, 3.8) is 0 Å². The summed E-state index contributed by atoms with van der Waals surface area (Å²) in [5, 5.41) is 0. The molecular weight excluding hydrogens is 136 g/mol. The Morgan fingerprint density at radius 1 is 1.00 bits per heavy atom. The summed E-state index contributed by atoms with van der Waals surface area (Å²) in [5.74, 6) is 0.843. The summed E-state index contributed by atoms with van der Waals surface area (Å²) in [6.45, 7) is 0.992. The van der Waals surface area contributed by atoms with Crippen LogP contribution in [-0.4, -0.2) is 6.61 Å². The van der Waals surface area contributed by atoms with Crippen LogP contribution in [0.3, 0.4) is 0 Å². The van der Waals surface area contributed by atoms with E-state index in [2.05, 4.69) is 0 Å². The highest BCUT2D eigenvalue weighted by Crippen LogP contribution is 2.37. The lowest BCUT2D eigenvalue weighted by Gasteiger charge is -2.26. The van der Waals surface area contributed by atoms with Gasteiger partial charge in [-0.3, -0.25) is 0 Å². The number of hydrogen-bond acceptors (Lipinski definition) is 1. The highest BCUT2D eigenvalue weighted by Gasteiger charge is 2.27. The Hall–Kier alpha value is -0.0400. The zero-order chi connectivity index (χ0) is 7.52. The second-order valence-corrected chi connectivity index (χ2v) is 3.75. The van der Waals surface area contributed by atoms with Crippen molar-refractivity contribution in [3.05, 3.63) is 6.10 Å². The van der Waals surface area contributed by atoms with Gasteiger partial charge >= 0.3 is 0 Å². The molecule has 0 N–H and O–H groups in total. The van der Waals surface area contributed by atoms with Crippen molar-refractivity contribution in [1.29, 1.82) is 0 Å². The van der Waals surface area contributed by atoms with E-state index in [0.29, 0.717) is 0 Å². The molecule has 1 aliphatic heterocycles. The van der Waals surface area contributed by atoms with E-state index < -0.39 is 0 Å². The smallest absolute Gasteiger partial charge is 0.100 e. The molecule has 1 heteroatoms. The molecule has 2 aliphatic rings. The van der Waals surface area contributed by atoms with Gasteiger partial charge in [-0.2, -0.15) is 0 Å². The first-order valence-corrected chi connectivity index (χ1v) is 4.95. The molecule has 1 radical (unpaired) electrons. The molecule has 0 aromatic heterocycles. The van der Waals surface area contributed by atoms with Gasteiger partial charge in [-0.25, -0.2) is 0 Å². The monoisotopic (exact) mass is 153 g/mol. The first-order valence-electron chi connectivity index (χ1n) is 4.95. The molecule has 0 atom stereocenters. The van der Waals surface area contributed by atoms with Gasteiger partial charge in [0, 0.05) is 6.61 Å². The van der Waals surface area contributed by atoms with Crippen molar-refractivity contribution in [3.8, 4) is 0 Å². The molecule has 1 saturated heterocycles. The predicted molar refractivity (Wildman–Crippen MR) is 45.0 cm³/mol. The lowest BCUT2D eigenvalue weighted by molar-refractivity contribution is 0.0663. The number of hydrogen-bond donors (Lipinski definition) is 0. The predicted octanol–water partition coefficient (Wildman–Crippen LogP) is 2.91. The van der Waals surface area contributed by atoms with E-state index >= 15 is 0 Å². The van der Waals surface area contributed by atoms with Gasteiger partial charge in [0.1, 0.15) is 6.10 Å². The van der Waals surface area contributed by atoms with Crippen LogP contribution in [0.4, 0.5) is 0 Å². The van der Waals surface area contributed by atoms with Crippen molar-refractivity contribution in [2.24, 2.45) is 5.92 Å². The molecule has 1 heterocycles. The average molecular weight is 153 g/mol. The SMILES string of the molecule is C1CC[C](C2CCCC2)OC1. The minimum atomic E-state index is 0.843. The topological polar surface area (TPSA) is 9.23 Å². The lowest BCUT2D eigenvalue weighted by atomic mass is 9.94. The van der Waals surface area contributed by atoms with Crippen LogP contribution in [0.1, 0.15) is 44.9 Å². The van der Waals surface area contributed by atoms with Crippen LogP contribution in [0.25, 0.3) is 0 Å². The summed E-state index contributed by atoms with van der Waals surface area (Å²) in [4.78, 5) is 0. The van der Waals surface area contributed by atoms with Crippen LogP contribution in [0, 0.1) is 12.0 Å². The Morgan fingerprint density at radius 2 is 1.82 bits per heavy atom. The molecule has 0 aromatic carbocycles. The second kappa shape index (κ2) is 3.57. The molecule has 63 valence electrons. The highest BCUT2D eigenvalue weighted by atomic mass is 16.5. The standard InChI is InChI=1S/C10H17O/c1-2-6-9(5-1)10-7-3-4-8-11-10/h9H,1-8H2. The summed E-state index contributed by atoms with van der Waals surface area (Å²) in [7, 11) is 0. The van der Waals surface area contributed by atoms with Gasteiger partial charge in [0.25, 0.3) is 0 Å². The van der Waals surface area contributed by atoms with Crippen molar-refractivity contribution < 1.29 is 4.74 Å². The molecule has 0 spiro atoms. The lowest BCUT2D eigenvalue weighted by Crippen LogP contribution is -2.18. The zero-order valence-corrected chi connectivity index (χ0v) is 7.14. The Labute approximate surface area is 69.1 Å². The van der Waals surface area contributed by atoms with Crippen LogP contribution < -0.4 is 0 Å². The Morgan fingerprint density at radius 3 is 2.45 bits per heavy atom.